The number of fused-ring (bicyclic) bond motifs is 3. The second kappa shape index (κ2) is 6.83. The van der Waals surface area contributed by atoms with Crippen molar-refractivity contribution in [1.82, 2.24) is 0 Å². The molecule has 6 nitrogen and oxygen atoms in total. The van der Waals surface area contributed by atoms with E-state index in [2.05, 4.69) is 17.5 Å². The minimum atomic E-state index is -1.51. The third-order valence-electron chi connectivity index (χ3n) is 6.65. The summed E-state index contributed by atoms with van der Waals surface area (Å²) in [6.45, 7) is 5.92. The lowest BCUT2D eigenvalue weighted by molar-refractivity contribution is -0.122. The van der Waals surface area contributed by atoms with Crippen LogP contribution in [0.1, 0.15) is 41.5 Å². The quantitative estimate of drug-likeness (QED) is 0.720. The number of allylic oxidation sites excluding steroid dienone is 1. The molecule has 0 bridgehead atoms. The highest BCUT2D eigenvalue weighted by atomic mass is 16.2. The predicted molar refractivity (Wildman–Crippen MR) is 123 cm³/mol. The average molecular weight is 425 g/mol. The standard InChI is InChI=1S/C26H24N4O2/c1-14-7-8-20-18(12-14)26(25(32)29-20)19(13-27)24(28)30(17-10-15(2)9-16(3)11-17)21-5-4-6-22(31)23(21)26/h7-12H,4-6,28H2,1-3H3,(H,29,32). The summed E-state index contributed by atoms with van der Waals surface area (Å²) in [7, 11) is 0. The molecule has 1 amide bonds. The summed E-state index contributed by atoms with van der Waals surface area (Å²) in [6, 6.07) is 13.9. The molecule has 1 atom stereocenters. The SMILES string of the molecule is Cc1cc(C)cc(N2C(N)=C(C#N)C3(C(=O)Nc4ccc(C)cc43)C3=C2CCCC3=O)c1. The van der Waals surface area contributed by atoms with E-state index in [-0.39, 0.29) is 23.1 Å². The zero-order chi connectivity index (χ0) is 22.8. The van der Waals surface area contributed by atoms with Crippen LogP contribution in [0.3, 0.4) is 0 Å². The molecule has 0 saturated carbocycles. The third-order valence-corrected chi connectivity index (χ3v) is 6.65. The Morgan fingerprint density at radius 1 is 1.03 bits per heavy atom. The monoisotopic (exact) mass is 424 g/mol. The second-order valence-electron chi connectivity index (χ2n) is 8.90. The fraction of sp³-hybridized carbons (Fsp3) is 0.269. The first-order valence-electron chi connectivity index (χ1n) is 10.8. The van der Waals surface area contributed by atoms with Crippen LogP contribution in [0.2, 0.25) is 0 Å². The van der Waals surface area contributed by atoms with Gasteiger partial charge in [-0.1, -0.05) is 23.8 Å². The van der Waals surface area contributed by atoms with Gasteiger partial charge in [0.2, 0.25) is 5.91 Å². The molecular formula is C26H24N4O2. The van der Waals surface area contributed by atoms with E-state index in [0.29, 0.717) is 41.8 Å². The first-order valence-corrected chi connectivity index (χ1v) is 10.8. The Morgan fingerprint density at radius 3 is 2.44 bits per heavy atom. The zero-order valence-corrected chi connectivity index (χ0v) is 18.4. The van der Waals surface area contributed by atoms with E-state index < -0.39 is 5.41 Å². The number of rotatable bonds is 1. The average Bonchev–Trinajstić information content (AvgIpc) is 3.00. The van der Waals surface area contributed by atoms with Crippen LogP contribution in [-0.4, -0.2) is 11.7 Å². The number of nitrogens with two attached hydrogens (primary N) is 1. The van der Waals surface area contributed by atoms with Gasteiger partial charge in [-0.15, -0.1) is 0 Å². The number of Topliss-reactive ketones (excluding diaryl/α,β-unsaturated/α-hetero) is 1. The van der Waals surface area contributed by atoms with Crippen molar-refractivity contribution in [3.63, 3.8) is 0 Å². The van der Waals surface area contributed by atoms with E-state index >= 15 is 0 Å². The van der Waals surface area contributed by atoms with Gasteiger partial charge < -0.3 is 11.1 Å². The first kappa shape index (κ1) is 20.1. The number of nitrogens with one attached hydrogen (secondary N) is 1. The Kier molecular flexibility index (Phi) is 4.28. The number of amides is 1. The smallest absolute Gasteiger partial charge is 0.245 e. The summed E-state index contributed by atoms with van der Waals surface area (Å²) in [5, 5.41) is 13.2. The largest absolute Gasteiger partial charge is 0.384 e. The summed E-state index contributed by atoms with van der Waals surface area (Å²) in [5.74, 6) is -0.290. The Balaban J connectivity index is 1.90. The molecule has 1 spiro atoms. The van der Waals surface area contributed by atoms with Crippen molar-refractivity contribution in [2.75, 3.05) is 10.2 Å². The molecule has 3 aliphatic rings. The molecule has 2 aliphatic heterocycles. The Morgan fingerprint density at radius 2 is 1.75 bits per heavy atom. The number of nitriles is 1. The molecule has 1 aliphatic carbocycles. The highest BCUT2D eigenvalue weighted by Crippen LogP contribution is 2.55. The predicted octanol–water partition coefficient (Wildman–Crippen LogP) is 4.02. The van der Waals surface area contributed by atoms with Gasteiger partial charge in [-0.2, -0.15) is 5.26 Å². The first-order chi connectivity index (χ1) is 15.3. The number of hydrogen-bond donors (Lipinski definition) is 2. The Bertz CT molecular complexity index is 1310. The molecule has 0 aromatic heterocycles. The number of hydrogen-bond acceptors (Lipinski definition) is 5. The second-order valence-corrected chi connectivity index (χ2v) is 8.90. The molecule has 2 aromatic carbocycles. The van der Waals surface area contributed by atoms with Gasteiger partial charge in [-0.3, -0.25) is 14.5 Å². The number of aryl methyl sites for hydroxylation is 3. The summed E-state index contributed by atoms with van der Waals surface area (Å²) < 4.78 is 0. The van der Waals surface area contributed by atoms with Gasteiger partial charge in [0, 0.05) is 34.6 Å². The van der Waals surface area contributed by atoms with Crippen molar-refractivity contribution in [2.45, 2.75) is 45.4 Å². The van der Waals surface area contributed by atoms with Gasteiger partial charge in [-0.25, -0.2) is 0 Å². The van der Waals surface area contributed by atoms with Crippen LogP contribution in [0.15, 0.2) is 59.1 Å². The molecule has 6 heteroatoms. The maximum atomic E-state index is 13.6. The van der Waals surface area contributed by atoms with Crippen LogP contribution in [0.4, 0.5) is 11.4 Å². The number of benzene rings is 2. The van der Waals surface area contributed by atoms with Gasteiger partial charge in [0.15, 0.2) is 5.78 Å². The number of carbonyl (C=O) groups is 2. The fourth-order valence-corrected chi connectivity index (χ4v) is 5.48. The molecule has 160 valence electrons. The van der Waals surface area contributed by atoms with E-state index in [9.17, 15) is 14.9 Å². The summed E-state index contributed by atoms with van der Waals surface area (Å²) in [4.78, 5) is 28.9. The van der Waals surface area contributed by atoms with E-state index in [1.807, 2.05) is 56.0 Å². The van der Waals surface area contributed by atoms with Crippen molar-refractivity contribution in [3.8, 4) is 6.07 Å². The van der Waals surface area contributed by atoms with Crippen LogP contribution in [0, 0.1) is 32.1 Å². The van der Waals surface area contributed by atoms with Crippen LogP contribution in [0.25, 0.3) is 0 Å². The summed E-state index contributed by atoms with van der Waals surface area (Å²) in [5.41, 5.74) is 11.5. The van der Waals surface area contributed by atoms with Crippen molar-refractivity contribution >= 4 is 23.1 Å². The fourth-order valence-electron chi connectivity index (χ4n) is 5.48. The molecule has 0 saturated heterocycles. The lowest BCUT2D eigenvalue weighted by atomic mass is 9.63. The molecule has 3 N–H and O–H groups in total. The number of anilines is 2. The van der Waals surface area contributed by atoms with Crippen molar-refractivity contribution in [1.29, 1.82) is 5.26 Å². The van der Waals surface area contributed by atoms with Gasteiger partial charge in [-0.05, 0) is 62.9 Å². The molecule has 1 unspecified atom stereocenters. The molecule has 0 fully saturated rings. The maximum Gasteiger partial charge on any atom is 0.245 e. The number of ketones is 1. The topological polar surface area (TPSA) is 99.2 Å². The highest BCUT2D eigenvalue weighted by molar-refractivity contribution is 6.19. The minimum Gasteiger partial charge on any atom is -0.384 e. The van der Waals surface area contributed by atoms with Crippen molar-refractivity contribution in [3.05, 3.63) is 81.3 Å². The molecule has 5 rings (SSSR count). The summed E-state index contributed by atoms with van der Waals surface area (Å²) in [6.07, 6.45) is 1.62. The molecule has 2 aromatic rings. The maximum absolute atomic E-state index is 13.6. The van der Waals surface area contributed by atoms with E-state index in [4.69, 9.17) is 5.73 Å². The van der Waals surface area contributed by atoms with Crippen LogP contribution in [0.5, 0.6) is 0 Å². The van der Waals surface area contributed by atoms with Crippen LogP contribution < -0.4 is 16.0 Å². The summed E-state index contributed by atoms with van der Waals surface area (Å²) >= 11 is 0. The van der Waals surface area contributed by atoms with Crippen molar-refractivity contribution < 1.29 is 9.59 Å². The van der Waals surface area contributed by atoms with E-state index in [1.54, 1.807) is 0 Å². The lowest BCUT2D eigenvalue weighted by Gasteiger charge is -2.43. The minimum absolute atomic E-state index is 0.104. The van der Waals surface area contributed by atoms with E-state index in [0.717, 1.165) is 22.4 Å². The van der Waals surface area contributed by atoms with Crippen LogP contribution >= 0.6 is 0 Å². The van der Waals surface area contributed by atoms with Gasteiger partial charge in [0.1, 0.15) is 17.3 Å². The Hall–Kier alpha value is -3.85. The molecule has 32 heavy (non-hydrogen) atoms. The molecular weight excluding hydrogens is 400 g/mol. The molecule has 2 heterocycles. The molecule has 0 radical (unpaired) electrons. The lowest BCUT2D eigenvalue weighted by Crippen LogP contribution is -2.50. The van der Waals surface area contributed by atoms with Gasteiger partial charge in [0.05, 0.1) is 5.57 Å². The number of carbonyl (C=O) groups excluding carboxylic acids is 2. The van der Waals surface area contributed by atoms with Gasteiger partial charge >= 0.3 is 0 Å². The third kappa shape index (κ3) is 2.51. The van der Waals surface area contributed by atoms with E-state index in [1.165, 1.54) is 0 Å². The Labute approximate surface area is 187 Å². The number of nitrogens with zero attached hydrogens (tertiary/aromatic N) is 2. The van der Waals surface area contributed by atoms with Gasteiger partial charge in [0.25, 0.3) is 0 Å². The highest BCUT2D eigenvalue weighted by Gasteiger charge is 2.60. The normalized spacial score (nSPS) is 22.1. The zero-order valence-electron chi connectivity index (χ0n) is 18.4. The van der Waals surface area contributed by atoms with Crippen molar-refractivity contribution in [2.24, 2.45) is 5.73 Å². The van der Waals surface area contributed by atoms with Crippen LogP contribution in [-0.2, 0) is 15.0 Å².